The molecule has 1 aliphatic rings. The van der Waals surface area contributed by atoms with Crippen LogP contribution in [0.25, 0.3) is 11.1 Å². The SMILES string of the molecule is CN1Cc2cc(OCc3cccc(-c4ccc(Cl)c(C(=O)O)c4)c3)ccc2C1=O. The van der Waals surface area contributed by atoms with Crippen molar-refractivity contribution in [2.45, 2.75) is 13.2 Å². The molecule has 0 saturated heterocycles. The molecule has 0 unspecified atom stereocenters. The van der Waals surface area contributed by atoms with Gasteiger partial charge in [0.2, 0.25) is 0 Å². The van der Waals surface area contributed by atoms with Crippen molar-refractivity contribution in [3.8, 4) is 16.9 Å². The fraction of sp³-hybridized carbons (Fsp3) is 0.130. The van der Waals surface area contributed by atoms with Gasteiger partial charge in [0.1, 0.15) is 12.4 Å². The van der Waals surface area contributed by atoms with Crippen molar-refractivity contribution in [2.24, 2.45) is 0 Å². The monoisotopic (exact) mass is 407 g/mol. The first-order valence-corrected chi connectivity index (χ1v) is 9.43. The molecule has 5 nitrogen and oxygen atoms in total. The van der Waals surface area contributed by atoms with Crippen LogP contribution >= 0.6 is 11.6 Å². The van der Waals surface area contributed by atoms with Gasteiger partial charge >= 0.3 is 5.97 Å². The summed E-state index contributed by atoms with van der Waals surface area (Å²) < 4.78 is 5.91. The third-order valence-corrected chi connectivity index (χ3v) is 5.25. The lowest BCUT2D eigenvalue weighted by Gasteiger charge is -2.10. The molecule has 6 heteroatoms. The van der Waals surface area contributed by atoms with Crippen LogP contribution in [0.15, 0.2) is 60.7 Å². The van der Waals surface area contributed by atoms with E-state index in [-0.39, 0.29) is 16.5 Å². The van der Waals surface area contributed by atoms with Crippen molar-refractivity contribution >= 4 is 23.5 Å². The molecule has 0 atom stereocenters. The average molecular weight is 408 g/mol. The molecular weight excluding hydrogens is 390 g/mol. The minimum Gasteiger partial charge on any atom is -0.489 e. The van der Waals surface area contributed by atoms with Crippen molar-refractivity contribution in [1.82, 2.24) is 4.90 Å². The number of fused-ring (bicyclic) bond motifs is 1. The van der Waals surface area contributed by atoms with Crippen molar-refractivity contribution in [1.29, 1.82) is 0 Å². The second-order valence-electron chi connectivity index (χ2n) is 6.97. The lowest BCUT2D eigenvalue weighted by atomic mass is 10.0. The van der Waals surface area contributed by atoms with E-state index in [1.54, 1.807) is 42.3 Å². The van der Waals surface area contributed by atoms with Crippen LogP contribution in [0.1, 0.15) is 31.8 Å². The van der Waals surface area contributed by atoms with Gasteiger partial charge in [0.15, 0.2) is 0 Å². The summed E-state index contributed by atoms with van der Waals surface area (Å²) in [6.07, 6.45) is 0. The molecule has 3 aromatic rings. The number of amides is 1. The molecule has 29 heavy (non-hydrogen) atoms. The molecule has 0 fully saturated rings. The van der Waals surface area contributed by atoms with Crippen LogP contribution in [0.5, 0.6) is 5.75 Å². The van der Waals surface area contributed by atoms with Gasteiger partial charge in [0, 0.05) is 19.2 Å². The predicted octanol–water partition coefficient (Wildman–Crippen LogP) is 4.87. The number of rotatable bonds is 5. The van der Waals surface area contributed by atoms with Gasteiger partial charge in [-0.25, -0.2) is 4.79 Å². The average Bonchev–Trinajstić information content (AvgIpc) is 3.00. The van der Waals surface area contributed by atoms with E-state index in [1.165, 1.54) is 0 Å². The highest BCUT2D eigenvalue weighted by Gasteiger charge is 2.24. The topological polar surface area (TPSA) is 66.8 Å². The molecule has 0 radical (unpaired) electrons. The van der Waals surface area contributed by atoms with E-state index in [2.05, 4.69) is 0 Å². The van der Waals surface area contributed by atoms with Gasteiger partial charge in [-0.05, 0) is 58.7 Å². The third-order valence-electron chi connectivity index (χ3n) is 4.92. The molecule has 0 bridgehead atoms. The maximum absolute atomic E-state index is 12.0. The lowest BCUT2D eigenvalue weighted by molar-refractivity contribution is 0.0696. The number of carboxylic acid groups (broad SMARTS) is 1. The summed E-state index contributed by atoms with van der Waals surface area (Å²) in [6.45, 7) is 0.944. The van der Waals surface area contributed by atoms with Crippen molar-refractivity contribution in [3.63, 3.8) is 0 Å². The summed E-state index contributed by atoms with van der Waals surface area (Å²) in [5, 5.41) is 9.48. The zero-order chi connectivity index (χ0) is 20.5. The van der Waals surface area contributed by atoms with Crippen molar-refractivity contribution in [3.05, 3.63) is 87.9 Å². The van der Waals surface area contributed by atoms with E-state index in [1.807, 2.05) is 30.3 Å². The van der Waals surface area contributed by atoms with Gasteiger partial charge in [0.25, 0.3) is 5.91 Å². The van der Waals surface area contributed by atoms with E-state index < -0.39 is 5.97 Å². The Labute approximate surface area is 173 Å². The van der Waals surface area contributed by atoms with Crippen LogP contribution in [0, 0.1) is 0 Å². The van der Waals surface area contributed by atoms with Crippen LogP contribution < -0.4 is 4.74 Å². The summed E-state index contributed by atoms with van der Waals surface area (Å²) in [5.74, 6) is -0.322. The minimum atomic E-state index is -1.06. The first kappa shape index (κ1) is 19.0. The fourth-order valence-electron chi connectivity index (χ4n) is 3.41. The molecule has 1 amide bonds. The summed E-state index contributed by atoms with van der Waals surface area (Å²) in [7, 11) is 1.78. The Kier molecular flexibility index (Phi) is 4.99. The number of hydrogen-bond donors (Lipinski definition) is 1. The Morgan fingerprint density at radius 1 is 1.10 bits per heavy atom. The van der Waals surface area contributed by atoms with E-state index in [4.69, 9.17) is 16.3 Å². The zero-order valence-corrected chi connectivity index (χ0v) is 16.4. The highest BCUT2D eigenvalue weighted by molar-refractivity contribution is 6.33. The lowest BCUT2D eigenvalue weighted by Crippen LogP contribution is -2.17. The number of hydrogen-bond acceptors (Lipinski definition) is 3. The Balaban J connectivity index is 1.52. The molecule has 3 aromatic carbocycles. The molecule has 1 heterocycles. The van der Waals surface area contributed by atoms with E-state index >= 15 is 0 Å². The van der Waals surface area contributed by atoms with Gasteiger partial charge in [-0.15, -0.1) is 0 Å². The quantitative estimate of drug-likeness (QED) is 0.655. The highest BCUT2D eigenvalue weighted by atomic mass is 35.5. The number of carbonyl (C=O) groups is 2. The van der Waals surface area contributed by atoms with Gasteiger partial charge < -0.3 is 14.7 Å². The molecule has 1 N–H and O–H groups in total. The maximum atomic E-state index is 12.0. The summed E-state index contributed by atoms with van der Waals surface area (Å²) in [4.78, 5) is 25.0. The standard InChI is InChI=1S/C23H18ClNO4/c1-25-12-17-10-18(6-7-19(17)22(25)26)29-13-14-3-2-4-15(9-14)16-5-8-21(24)20(11-16)23(27)28/h2-11H,12-13H2,1H3,(H,27,28). The molecule has 1 aliphatic heterocycles. The van der Waals surface area contributed by atoms with E-state index in [9.17, 15) is 14.7 Å². The summed E-state index contributed by atoms with van der Waals surface area (Å²) in [5.41, 5.74) is 4.36. The van der Waals surface area contributed by atoms with Crippen molar-refractivity contribution < 1.29 is 19.4 Å². The van der Waals surface area contributed by atoms with Crippen LogP contribution in [-0.2, 0) is 13.2 Å². The predicted molar refractivity (Wildman–Crippen MR) is 110 cm³/mol. The third kappa shape index (κ3) is 3.82. The summed E-state index contributed by atoms with van der Waals surface area (Å²) in [6, 6.07) is 18.2. The zero-order valence-electron chi connectivity index (χ0n) is 15.7. The van der Waals surface area contributed by atoms with E-state index in [0.717, 1.165) is 27.8 Å². The largest absolute Gasteiger partial charge is 0.489 e. The highest BCUT2D eigenvalue weighted by Crippen LogP contribution is 2.28. The molecular formula is C23H18ClNO4. The first-order valence-electron chi connectivity index (χ1n) is 9.06. The van der Waals surface area contributed by atoms with Crippen LogP contribution in [0.2, 0.25) is 5.02 Å². The number of carbonyl (C=O) groups excluding carboxylic acids is 1. The van der Waals surface area contributed by atoms with Crippen molar-refractivity contribution in [2.75, 3.05) is 7.05 Å². The van der Waals surface area contributed by atoms with Gasteiger partial charge in [0.05, 0.1) is 10.6 Å². The van der Waals surface area contributed by atoms with Crippen LogP contribution in [0.3, 0.4) is 0 Å². The number of carboxylic acids is 1. The Morgan fingerprint density at radius 3 is 2.69 bits per heavy atom. The van der Waals surface area contributed by atoms with Crippen LogP contribution in [0.4, 0.5) is 0 Å². The normalized spacial score (nSPS) is 12.8. The Morgan fingerprint density at radius 2 is 1.90 bits per heavy atom. The van der Waals surface area contributed by atoms with Gasteiger partial charge in [-0.1, -0.05) is 35.9 Å². The molecule has 0 aromatic heterocycles. The smallest absolute Gasteiger partial charge is 0.337 e. The Hall–Kier alpha value is -3.31. The number of nitrogens with zero attached hydrogens (tertiary/aromatic N) is 1. The molecule has 0 aliphatic carbocycles. The number of aromatic carboxylic acids is 1. The number of benzene rings is 3. The van der Waals surface area contributed by atoms with Crippen LogP contribution in [-0.4, -0.2) is 28.9 Å². The second-order valence-corrected chi connectivity index (χ2v) is 7.38. The first-order chi connectivity index (χ1) is 13.9. The minimum absolute atomic E-state index is 0.0305. The molecule has 4 rings (SSSR count). The second kappa shape index (κ2) is 7.60. The molecule has 146 valence electrons. The van der Waals surface area contributed by atoms with E-state index in [0.29, 0.717) is 18.9 Å². The Bertz CT molecular complexity index is 1130. The number of halogens is 1. The van der Waals surface area contributed by atoms with Gasteiger partial charge in [-0.2, -0.15) is 0 Å². The molecule has 0 saturated carbocycles. The fourth-order valence-corrected chi connectivity index (χ4v) is 3.61. The maximum Gasteiger partial charge on any atom is 0.337 e. The number of ether oxygens (including phenoxy) is 1. The summed E-state index contributed by atoms with van der Waals surface area (Å²) >= 11 is 5.96. The van der Waals surface area contributed by atoms with Gasteiger partial charge in [-0.3, -0.25) is 4.79 Å². The molecule has 0 spiro atoms.